The average molecular weight is 343 g/mol. The molecule has 0 saturated heterocycles. The molecule has 7 heteroatoms. The molecule has 0 N–H and O–H groups in total. The molecule has 1 heterocycles. The average Bonchev–Trinajstić information content (AvgIpc) is 2.54. The Bertz CT molecular complexity index is 764. The summed E-state index contributed by atoms with van der Waals surface area (Å²) >= 11 is 0. The summed E-state index contributed by atoms with van der Waals surface area (Å²) in [5.74, 6) is 0.328. The number of methoxy groups -OCH3 is 1. The summed E-state index contributed by atoms with van der Waals surface area (Å²) in [5.41, 5.74) is -2.32. The van der Waals surface area contributed by atoms with Crippen LogP contribution >= 0.6 is 0 Å². The van der Waals surface area contributed by atoms with E-state index in [4.69, 9.17) is 9.15 Å². The molecule has 0 aliphatic carbocycles. The lowest BCUT2D eigenvalue weighted by Gasteiger charge is -2.19. The van der Waals surface area contributed by atoms with Crippen LogP contribution in [0.3, 0.4) is 0 Å². The summed E-state index contributed by atoms with van der Waals surface area (Å²) < 4.78 is 50.9. The molecule has 2 aromatic rings. The monoisotopic (exact) mass is 343 g/mol. The van der Waals surface area contributed by atoms with Gasteiger partial charge in [0.1, 0.15) is 11.3 Å². The zero-order valence-electron chi connectivity index (χ0n) is 13.9. The maximum atomic E-state index is 13.6. The molecule has 0 saturated carbocycles. The summed E-state index contributed by atoms with van der Waals surface area (Å²) in [6.07, 6.45) is -4.65. The van der Waals surface area contributed by atoms with Crippen molar-refractivity contribution in [1.82, 2.24) is 4.90 Å². The van der Waals surface area contributed by atoms with E-state index in [2.05, 4.69) is 0 Å². The van der Waals surface area contributed by atoms with Crippen LogP contribution in [-0.4, -0.2) is 31.6 Å². The van der Waals surface area contributed by atoms with Crippen LogP contribution in [0, 0.1) is 0 Å². The van der Waals surface area contributed by atoms with Crippen LogP contribution in [0.2, 0.25) is 0 Å². The largest absolute Gasteiger partial charge is 0.497 e. The van der Waals surface area contributed by atoms with Gasteiger partial charge in [-0.2, -0.15) is 13.2 Å². The number of hydrogen-bond acceptors (Lipinski definition) is 4. The number of halogens is 3. The Balaban J connectivity index is 2.61. The van der Waals surface area contributed by atoms with Crippen LogP contribution in [0.15, 0.2) is 27.4 Å². The Morgan fingerprint density at radius 2 is 1.88 bits per heavy atom. The van der Waals surface area contributed by atoms with E-state index < -0.39 is 17.4 Å². The Hall–Kier alpha value is -2.02. The van der Waals surface area contributed by atoms with Gasteiger partial charge in [-0.15, -0.1) is 0 Å². The SMILES string of the molecule is CCN(CC)CCc1c(C(F)(F)F)c2ccc(OC)cc2oc1=O. The number of ether oxygens (including phenoxy) is 1. The molecule has 0 aliphatic rings. The highest BCUT2D eigenvalue weighted by molar-refractivity contribution is 5.83. The molecule has 24 heavy (non-hydrogen) atoms. The van der Waals surface area contributed by atoms with E-state index in [1.807, 2.05) is 18.7 Å². The highest BCUT2D eigenvalue weighted by Crippen LogP contribution is 2.37. The molecule has 2 rings (SSSR count). The molecule has 0 aliphatic heterocycles. The fourth-order valence-electron chi connectivity index (χ4n) is 2.71. The van der Waals surface area contributed by atoms with Crippen molar-refractivity contribution < 1.29 is 22.3 Å². The first-order valence-corrected chi connectivity index (χ1v) is 7.75. The minimum absolute atomic E-state index is 0.0131. The van der Waals surface area contributed by atoms with Crippen LogP contribution < -0.4 is 10.4 Å². The molecule has 1 aromatic carbocycles. The third-order valence-electron chi connectivity index (χ3n) is 4.06. The quantitative estimate of drug-likeness (QED) is 0.750. The predicted octanol–water partition coefficient (Wildman–Crippen LogP) is 3.70. The zero-order chi connectivity index (χ0) is 17.9. The van der Waals surface area contributed by atoms with Gasteiger partial charge in [-0.25, -0.2) is 4.79 Å². The lowest BCUT2D eigenvalue weighted by atomic mass is 10.0. The van der Waals surface area contributed by atoms with Crippen molar-refractivity contribution in [2.24, 2.45) is 0 Å². The van der Waals surface area contributed by atoms with Gasteiger partial charge in [0.25, 0.3) is 0 Å². The lowest BCUT2D eigenvalue weighted by molar-refractivity contribution is -0.137. The van der Waals surface area contributed by atoms with E-state index in [1.165, 1.54) is 25.3 Å². The van der Waals surface area contributed by atoms with E-state index >= 15 is 0 Å². The standard InChI is InChI=1S/C17H20F3NO3/c1-4-21(5-2)9-8-13-15(17(18,19)20)12-7-6-11(23-3)10-14(12)24-16(13)22/h6-7,10H,4-5,8-9H2,1-3H3. The normalized spacial score (nSPS) is 12.1. The van der Waals surface area contributed by atoms with Gasteiger partial charge in [0.2, 0.25) is 0 Å². The number of fused-ring (bicyclic) bond motifs is 1. The Morgan fingerprint density at radius 3 is 2.42 bits per heavy atom. The molecular formula is C17H20F3NO3. The van der Waals surface area contributed by atoms with Crippen molar-refractivity contribution in [3.05, 3.63) is 39.7 Å². The van der Waals surface area contributed by atoms with E-state index in [0.29, 0.717) is 25.4 Å². The first kappa shape index (κ1) is 18.3. The molecule has 0 radical (unpaired) electrons. The van der Waals surface area contributed by atoms with Gasteiger partial charge < -0.3 is 14.1 Å². The number of likely N-dealkylation sites (N-methyl/N-ethyl adjacent to an activating group) is 1. The van der Waals surface area contributed by atoms with Gasteiger partial charge in [0.05, 0.1) is 18.2 Å². The van der Waals surface area contributed by atoms with Crippen molar-refractivity contribution in [3.8, 4) is 5.75 Å². The molecule has 0 atom stereocenters. The van der Waals surface area contributed by atoms with Gasteiger partial charge in [-0.1, -0.05) is 13.8 Å². The molecule has 0 bridgehead atoms. The molecule has 0 fully saturated rings. The second kappa shape index (κ2) is 7.25. The Kier molecular flexibility index (Phi) is 5.54. The number of hydrogen-bond donors (Lipinski definition) is 0. The van der Waals surface area contributed by atoms with Crippen LogP contribution in [-0.2, 0) is 12.6 Å². The van der Waals surface area contributed by atoms with Crippen LogP contribution in [0.1, 0.15) is 25.0 Å². The molecule has 0 spiro atoms. The first-order valence-electron chi connectivity index (χ1n) is 7.75. The fourth-order valence-corrected chi connectivity index (χ4v) is 2.71. The smallest absolute Gasteiger partial charge is 0.417 e. The van der Waals surface area contributed by atoms with Crippen LogP contribution in [0.25, 0.3) is 11.0 Å². The van der Waals surface area contributed by atoms with Crippen molar-refractivity contribution in [2.75, 3.05) is 26.7 Å². The molecule has 132 valence electrons. The van der Waals surface area contributed by atoms with Crippen molar-refractivity contribution in [1.29, 1.82) is 0 Å². The number of rotatable bonds is 6. The maximum Gasteiger partial charge on any atom is 0.417 e. The molecule has 4 nitrogen and oxygen atoms in total. The van der Waals surface area contributed by atoms with Crippen LogP contribution in [0.5, 0.6) is 5.75 Å². The van der Waals surface area contributed by atoms with Crippen molar-refractivity contribution >= 4 is 11.0 Å². The summed E-state index contributed by atoms with van der Waals surface area (Å²) in [6.45, 7) is 5.61. The number of benzene rings is 1. The molecule has 0 unspecified atom stereocenters. The van der Waals surface area contributed by atoms with Crippen molar-refractivity contribution in [3.63, 3.8) is 0 Å². The van der Waals surface area contributed by atoms with Gasteiger partial charge >= 0.3 is 11.8 Å². The molecular weight excluding hydrogens is 323 g/mol. The lowest BCUT2D eigenvalue weighted by Crippen LogP contribution is -2.28. The van der Waals surface area contributed by atoms with E-state index in [0.717, 1.165) is 0 Å². The Labute approximate surface area is 137 Å². The summed E-state index contributed by atoms with van der Waals surface area (Å²) in [7, 11) is 1.39. The second-order valence-electron chi connectivity index (χ2n) is 5.38. The summed E-state index contributed by atoms with van der Waals surface area (Å²) in [6, 6.07) is 3.99. The summed E-state index contributed by atoms with van der Waals surface area (Å²) in [5, 5.41) is -0.127. The minimum Gasteiger partial charge on any atom is -0.497 e. The number of alkyl halides is 3. The third kappa shape index (κ3) is 3.72. The van der Waals surface area contributed by atoms with Gasteiger partial charge in [0.15, 0.2) is 0 Å². The van der Waals surface area contributed by atoms with Gasteiger partial charge in [0, 0.05) is 18.0 Å². The third-order valence-corrected chi connectivity index (χ3v) is 4.06. The van der Waals surface area contributed by atoms with Gasteiger partial charge in [-0.3, -0.25) is 0 Å². The van der Waals surface area contributed by atoms with Crippen LogP contribution in [0.4, 0.5) is 13.2 Å². The Morgan fingerprint density at radius 1 is 1.21 bits per heavy atom. The highest BCUT2D eigenvalue weighted by Gasteiger charge is 2.37. The second-order valence-corrected chi connectivity index (χ2v) is 5.38. The first-order chi connectivity index (χ1) is 11.3. The van der Waals surface area contributed by atoms with E-state index in [9.17, 15) is 18.0 Å². The minimum atomic E-state index is -4.64. The maximum absolute atomic E-state index is 13.6. The summed E-state index contributed by atoms with van der Waals surface area (Å²) in [4.78, 5) is 14.1. The molecule has 0 amide bonds. The van der Waals surface area contributed by atoms with E-state index in [-0.39, 0.29) is 23.0 Å². The van der Waals surface area contributed by atoms with Gasteiger partial charge in [-0.05, 0) is 31.6 Å². The van der Waals surface area contributed by atoms with Crippen molar-refractivity contribution in [2.45, 2.75) is 26.4 Å². The highest BCUT2D eigenvalue weighted by atomic mass is 19.4. The van der Waals surface area contributed by atoms with E-state index in [1.54, 1.807) is 0 Å². The number of nitrogens with zero attached hydrogens (tertiary/aromatic N) is 1. The fraction of sp³-hybridized carbons (Fsp3) is 0.471. The molecule has 1 aromatic heterocycles. The predicted molar refractivity (Wildman–Crippen MR) is 85.5 cm³/mol. The topological polar surface area (TPSA) is 42.7 Å². The zero-order valence-corrected chi connectivity index (χ0v) is 13.9.